The van der Waals surface area contributed by atoms with Crippen LogP contribution in [0.5, 0.6) is 0 Å². The molecule has 1 saturated heterocycles. The summed E-state index contributed by atoms with van der Waals surface area (Å²) in [5.41, 5.74) is 16.3. The Morgan fingerprint density at radius 3 is 2.11 bits per heavy atom. The number of nitrogens with one attached hydrogen (secondary N) is 1. The van der Waals surface area contributed by atoms with Crippen LogP contribution in [0.1, 0.15) is 23.2 Å². The van der Waals surface area contributed by atoms with Crippen LogP contribution in [0, 0.1) is 17.7 Å². The van der Waals surface area contributed by atoms with Crippen molar-refractivity contribution in [3.8, 4) is 0 Å². The van der Waals surface area contributed by atoms with Crippen LogP contribution >= 0.6 is 10.2 Å². The second kappa shape index (κ2) is 10.2. The first-order valence-electron chi connectivity index (χ1n) is 12.0. The molecule has 3 atom stereocenters. The van der Waals surface area contributed by atoms with Crippen LogP contribution < -0.4 is 21.7 Å². The zero-order chi connectivity index (χ0) is 24.4. The van der Waals surface area contributed by atoms with E-state index >= 15 is 0 Å². The topological polar surface area (TPSA) is 70.5 Å². The first-order valence-corrected chi connectivity index (χ1v) is 13.9. The Kier molecular flexibility index (Phi) is 7.09. The lowest BCUT2D eigenvalue weighted by Gasteiger charge is -2.49. The number of hydrogen-bond donors (Lipinski definition) is 3. The largest absolute Gasteiger partial charge is 0.359 e. The molecule has 1 fully saturated rings. The maximum absolute atomic E-state index is 13.6. The van der Waals surface area contributed by atoms with Crippen LogP contribution in [0.2, 0.25) is 0 Å². The smallest absolute Gasteiger partial charge is 0.123 e. The lowest BCUT2D eigenvalue weighted by molar-refractivity contribution is 0.385. The van der Waals surface area contributed by atoms with Crippen molar-refractivity contribution in [1.29, 1.82) is 0 Å². The Morgan fingerprint density at radius 1 is 0.886 bits per heavy atom. The third-order valence-corrected chi connectivity index (χ3v) is 11.1. The van der Waals surface area contributed by atoms with Crippen molar-refractivity contribution in [2.24, 2.45) is 11.5 Å². The van der Waals surface area contributed by atoms with E-state index < -0.39 is 10.2 Å². The van der Waals surface area contributed by atoms with Gasteiger partial charge in [-0.2, -0.15) is 0 Å². The average Bonchev–Trinajstić information content (AvgIpc) is 3.19. The highest BCUT2D eigenvalue weighted by atomic mass is 32.3. The van der Waals surface area contributed by atoms with Crippen LogP contribution in [0.3, 0.4) is 0 Å². The standard InChI is InChI=1S/C27H32F2N5S/c28-22-9-5-20(6-10-22)24(30)17-33-19-35(34-15-13-32-14-16-34,27-4-2-1-3-26(27)33)18-25(31)21-7-11-23(29)12-8-21/h1-2,4-12,24-25,32H,13-19,30-31H2. The molecule has 5 N–H and O–H groups in total. The maximum atomic E-state index is 13.6. The summed E-state index contributed by atoms with van der Waals surface area (Å²) in [5.74, 6) is 1.06. The molecule has 35 heavy (non-hydrogen) atoms. The number of nitrogens with zero attached hydrogens (tertiary/aromatic N) is 2. The van der Waals surface area contributed by atoms with E-state index in [0.29, 0.717) is 6.54 Å². The summed E-state index contributed by atoms with van der Waals surface area (Å²) >= 11 is 0. The minimum absolute atomic E-state index is 0.223. The van der Waals surface area contributed by atoms with E-state index in [2.05, 4.69) is 32.7 Å². The number of para-hydroxylation sites is 1. The normalized spacial score (nSPS) is 23.9. The van der Waals surface area contributed by atoms with E-state index in [0.717, 1.165) is 54.6 Å². The van der Waals surface area contributed by atoms with Crippen LogP contribution in [-0.4, -0.2) is 48.7 Å². The zero-order valence-electron chi connectivity index (χ0n) is 19.7. The number of fused-ring (bicyclic) bond motifs is 1. The van der Waals surface area contributed by atoms with Gasteiger partial charge in [0.2, 0.25) is 0 Å². The van der Waals surface area contributed by atoms with Crippen LogP contribution in [0.15, 0.2) is 71.6 Å². The van der Waals surface area contributed by atoms with Crippen LogP contribution in [-0.2, 0) is 0 Å². The molecule has 5 rings (SSSR count). The van der Waals surface area contributed by atoms with Gasteiger partial charge in [-0.05, 0) is 41.5 Å². The molecule has 2 heterocycles. The van der Waals surface area contributed by atoms with Gasteiger partial charge in [0.05, 0.1) is 11.6 Å². The predicted octanol–water partition coefficient (Wildman–Crippen LogP) is 3.93. The summed E-state index contributed by atoms with van der Waals surface area (Å²) in [4.78, 5) is 3.61. The lowest BCUT2D eigenvalue weighted by atomic mass is 10.1. The van der Waals surface area contributed by atoms with Gasteiger partial charge in [0.25, 0.3) is 0 Å². The fourth-order valence-electron chi connectivity index (χ4n) is 5.12. The molecule has 3 unspecified atom stereocenters. The predicted molar refractivity (Wildman–Crippen MR) is 139 cm³/mol. The van der Waals surface area contributed by atoms with Crippen molar-refractivity contribution in [2.45, 2.75) is 17.0 Å². The molecule has 3 aromatic carbocycles. The summed E-state index contributed by atoms with van der Waals surface area (Å²) in [6.07, 6.45) is 0. The first kappa shape index (κ1) is 24.2. The molecule has 0 aromatic heterocycles. The Hall–Kier alpha value is -2.49. The molecule has 2 aliphatic heterocycles. The second-order valence-corrected chi connectivity index (χ2v) is 12.5. The van der Waals surface area contributed by atoms with Crippen LogP contribution in [0.4, 0.5) is 14.5 Å². The van der Waals surface area contributed by atoms with Crippen molar-refractivity contribution < 1.29 is 8.78 Å². The van der Waals surface area contributed by atoms with Crippen molar-refractivity contribution >= 4 is 15.9 Å². The quantitative estimate of drug-likeness (QED) is 0.463. The van der Waals surface area contributed by atoms with Gasteiger partial charge < -0.3 is 21.7 Å². The van der Waals surface area contributed by atoms with Crippen molar-refractivity contribution in [2.75, 3.05) is 49.3 Å². The fourth-order valence-corrected chi connectivity index (χ4v) is 9.50. The molecule has 8 heteroatoms. The summed E-state index contributed by atoms with van der Waals surface area (Å²) in [7, 11) is -1.51. The zero-order valence-corrected chi connectivity index (χ0v) is 20.5. The summed E-state index contributed by atoms with van der Waals surface area (Å²) in [6.45, 7) is 4.35. The van der Waals surface area contributed by atoms with Crippen molar-refractivity contribution in [3.05, 3.63) is 95.6 Å². The van der Waals surface area contributed by atoms with Gasteiger partial charge in [0, 0.05) is 61.5 Å². The van der Waals surface area contributed by atoms with Gasteiger partial charge in [-0.15, -0.1) is 10.2 Å². The molecule has 0 bridgehead atoms. The molecule has 2 aliphatic rings. The SMILES string of the molecule is NC(CN1CS(CC(N)c2ccc(F)cc2)(N2CCNCC2)c2ccc[c]c21)c1ccc(F)cc1. The van der Waals surface area contributed by atoms with E-state index in [4.69, 9.17) is 11.5 Å². The number of rotatable bonds is 7. The highest BCUT2D eigenvalue weighted by Gasteiger charge is 2.44. The molecule has 0 spiro atoms. The Morgan fingerprint density at radius 2 is 1.49 bits per heavy atom. The number of benzene rings is 3. The minimum Gasteiger partial charge on any atom is -0.359 e. The molecule has 1 radical (unpaired) electrons. The summed E-state index contributed by atoms with van der Waals surface area (Å²) in [6, 6.07) is 22.2. The van der Waals surface area contributed by atoms with Crippen molar-refractivity contribution in [3.63, 3.8) is 0 Å². The fraction of sp³-hybridized carbons (Fsp3) is 0.333. The molecule has 5 nitrogen and oxygen atoms in total. The van der Waals surface area contributed by atoms with E-state index in [-0.39, 0.29) is 23.7 Å². The van der Waals surface area contributed by atoms with E-state index in [1.165, 1.54) is 29.2 Å². The molecule has 0 saturated carbocycles. The summed E-state index contributed by atoms with van der Waals surface area (Å²) in [5, 5.41) is 3.47. The van der Waals surface area contributed by atoms with Gasteiger partial charge in [-0.3, -0.25) is 4.31 Å². The van der Waals surface area contributed by atoms with Gasteiger partial charge in [-0.25, -0.2) is 8.78 Å². The maximum Gasteiger partial charge on any atom is 0.123 e. The van der Waals surface area contributed by atoms with Crippen LogP contribution in [0.25, 0.3) is 0 Å². The third kappa shape index (κ3) is 4.94. The van der Waals surface area contributed by atoms with Gasteiger partial charge in [0.15, 0.2) is 0 Å². The molecule has 0 aliphatic carbocycles. The number of nitrogens with two attached hydrogens (primary N) is 2. The summed E-state index contributed by atoms with van der Waals surface area (Å²) < 4.78 is 29.6. The third-order valence-electron chi connectivity index (χ3n) is 6.93. The number of halogens is 2. The average molecular weight is 497 g/mol. The second-order valence-electron chi connectivity index (χ2n) is 9.24. The van der Waals surface area contributed by atoms with Gasteiger partial charge in [0.1, 0.15) is 11.6 Å². The number of piperazine rings is 1. The van der Waals surface area contributed by atoms with E-state index in [1.54, 1.807) is 24.3 Å². The van der Waals surface area contributed by atoms with E-state index in [1.807, 2.05) is 6.07 Å². The van der Waals surface area contributed by atoms with Gasteiger partial charge >= 0.3 is 0 Å². The molecular formula is C27H32F2N5S. The lowest BCUT2D eigenvalue weighted by Crippen LogP contribution is -2.47. The molecule has 3 aromatic rings. The first-order chi connectivity index (χ1) is 17.0. The monoisotopic (exact) mass is 496 g/mol. The number of hydrogen-bond acceptors (Lipinski definition) is 5. The number of anilines is 1. The Bertz CT molecular complexity index is 1140. The van der Waals surface area contributed by atoms with Gasteiger partial charge in [-0.1, -0.05) is 36.4 Å². The Balaban J connectivity index is 1.48. The minimum atomic E-state index is -1.51. The highest BCUT2D eigenvalue weighted by molar-refractivity contribution is 8.32. The van der Waals surface area contributed by atoms with E-state index in [9.17, 15) is 8.78 Å². The molecule has 185 valence electrons. The highest BCUT2D eigenvalue weighted by Crippen LogP contribution is 2.67. The molecular weight excluding hydrogens is 464 g/mol. The molecule has 0 amide bonds. The Labute approximate surface area is 207 Å². The van der Waals surface area contributed by atoms with Crippen molar-refractivity contribution in [1.82, 2.24) is 9.62 Å².